The van der Waals surface area contributed by atoms with Crippen molar-refractivity contribution >= 4 is 46.7 Å². The van der Waals surface area contributed by atoms with Gasteiger partial charge in [0.05, 0.1) is 11.0 Å². The van der Waals surface area contributed by atoms with Crippen LogP contribution in [-0.2, 0) is 14.3 Å². The largest absolute Gasteiger partial charge is 0.462 e. The third kappa shape index (κ3) is 5.05. The number of ether oxygens (including phenoxy) is 1. The Kier molecular flexibility index (Phi) is 6.59. The van der Waals surface area contributed by atoms with Crippen molar-refractivity contribution in [1.82, 2.24) is 4.90 Å². The van der Waals surface area contributed by atoms with Crippen LogP contribution in [0.5, 0.6) is 0 Å². The Labute approximate surface area is 172 Å². The van der Waals surface area contributed by atoms with Crippen molar-refractivity contribution in [1.29, 1.82) is 0 Å². The van der Waals surface area contributed by atoms with Crippen LogP contribution in [0, 0.1) is 0 Å². The monoisotopic (exact) mass is 413 g/mol. The van der Waals surface area contributed by atoms with Gasteiger partial charge < -0.3 is 4.74 Å². The average molecular weight is 414 g/mol. The van der Waals surface area contributed by atoms with Crippen LogP contribution in [0.4, 0.5) is 4.79 Å². The molecule has 0 atom stereocenters. The molecule has 0 saturated carbocycles. The minimum atomic E-state index is -0.599. The molecule has 1 saturated heterocycles. The van der Waals surface area contributed by atoms with E-state index in [4.69, 9.17) is 4.74 Å². The fourth-order valence-electron chi connectivity index (χ4n) is 2.52. The fourth-order valence-corrected chi connectivity index (χ4v) is 4.28. The molecule has 0 spiro atoms. The molecule has 28 heavy (non-hydrogen) atoms. The van der Waals surface area contributed by atoms with Crippen LogP contribution < -0.4 is 0 Å². The van der Waals surface area contributed by atoms with Gasteiger partial charge in [-0.2, -0.15) is 0 Å². The molecule has 144 valence electrons. The summed E-state index contributed by atoms with van der Waals surface area (Å²) in [5.41, 5.74) is 0.839. The number of thioether (sulfide) groups is 1. The first-order valence-electron chi connectivity index (χ1n) is 8.71. The molecule has 1 fully saturated rings. The summed E-state index contributed by atoms with van der Waals surface area (Å²) in [4.78, 5) is 39.9. The number of esters is 1. The third-order valence-electron chi connectivity index (χ3n) is 3.70. The van der Waals surface area contributed by atoms with E-state index in [2.05, 4.69) is 0 Å². The zero-order chi connectivity index (χ0) is 20.1. The summed E-state index contributed by atoms with van der Waals surface area (Å²) in [7, 11) is 0. The van der Waals surface area contributed by atoms with Crippen LogP contribution in [-0.4, -0.2) is 34.7 Å². The zero-order valence-electron chi connectivity index (χ0n) is 15.5. The third-order valence-corrected chi connectivity index (χ3v) is 5.71. The van der Waals surface area contributed by atoms with E-state index in [0.29, 0.717) is 4.91 Å². The first-order valence-corrected chi connectivity index (χ1v) is 10.3. The van der Waals surface area contributed by atoms with Crippen molar-refractivity contribution in [2.45, 2.75) is 29.7 Å². The Morgan fingerprint density at radius 2 is 1.79 bits per heavy atom. The number of carbonyl (C=O) groups is 3. The summed E-state index contributed by atoms with van der Waals surface area (Å²) in [6.45, 7) is 3.06. The highest BCUT2D eigenvalue weighted by molar-refractivity contribution is 8.18. The van der Waals surface area contributed by atoms with Gasteiger partial charge in [0.1, 0.15) is 6.54 Å². The molecule has 0 aliphatic carbocycles. The number of carbonyl (C=O) groups excluding carboxylic acids is 3. The molecule has 1 aliphatic rings. The number of hydrogen-bond donors (Lipinski definition) is 0. The van der Waals surface area contributed by atoms with Gasteiger partial charge in [-0.1, -0.05) is 48.2 Å². The molecule has 2 aromatic carbocycles. The summed E-state index contributed by atoms with van der Waals surface area (Å²) in [6, 6.07) is 17.6. The van der Waals surface area contributed by atoms with E-state index < -0.39 is 17.1 Å². The molecule has 2 aromatic rings. The van der Waals surface area contributed by atoms with Gasteiger partial charge in [0.15, 0.2) is 0 Å². The van der Waals surface area contributed by atoms with E-state index in [9.17, 15) is 14.4 Å². The molecule has 2 amide bonds. The molecule has 0 bridgehead atoms. The zero-order valence-corrected chi connectivity index (χ0v) is 17.1. The molecule has 7 heteroatoms. The van der Waals surface area contributed by atoms with Crippen LogP contribution in [0.2, 0.25) is 0 Å². The molecule has 0 N–H and O–H groups in total. The quantitative estimate of drug-likeness (QED) is 0.499. The summed E-state index contributed by atoms with van der Waals surface area (Å²) < 4.78 is 5.03. The normalized spacial score (nSPS) is 15.5. The van der Waals surface area contributed by atoms with E-state index in [1.165, 1.54) is 0 Å². The second-order valence-corrected chi connectivity index (χ2v) is 8.37. The Morgan fingerprint density at radius 1 is 1.11 bits per heavy atom. The van der Waals surface area contributed by atoms with E-state index >= 15 is 0 Å². The second-order valence-electron chi connectivity index (χ2n) is 6.26. The highest BCUT2D eigenvalue weighted by Crippen LogP contribution is 2.36. The minimum absolute atomic E-state index is 0.295. The average Bonchev–Trinajstić information content (AvgIpc) is 2.91. The van der Waals surface area contributed by atoms with Gasteiger partial charge in [0, 0.05) is 9.79 Å². The van der Waals surface area contributed by atoms with Crippen LogP contribution >= 0.6 is 23.5 Å². The summed E-state index contributed by atoms with van der Waals surface area (Å²) in [5.74, 6) is -1.08. The number of benzene rings is 2. The van der Waals surface area contributed by atoms with Gasteiger partial charge in [-0.15, -0.1) is 0 Å². The molecule has 3 rings (SSSR count). The van der Waals surface area contributed by atoms with Crippen LogP contribution in [0.25, 0.3) is 6.08 Å². The Hall–Kier alpha value is -2.51. The lowest BCUT2D eigenvalue weighted by molar-refractivity contribution is -0.149. The van der Waals surface area contributed by atoms with Gasteiger partial charge in [0.2, 0.25) is 0 Å². The van der Waals surface area contributed by atoms with Crippen molar-refractivity contribution in [2.24, 2.45) is 0 Å². The van der Waals surface area contributed by atoms with Gasteiger partial charge >= 0.3 is 5.97 Å². The predicted molar refractivity (Wildman–Crippen MR) is 111 cm³/mol. The SMILES string of the molecule is CC(C)OC(=O)CN1C(=O)S/C(=C/c2ccccc2Sc2ccccc2)C1=O. The first kappa shape index (κ1) is 20.2. The Morgan fingerprint density at radius 3 is 2.50 bits per heavy atom. The van der Waals surface area contributed by atoms with E-state index in [-0.39, 0.29) is 12.6 Å². The molecule has 0 radical (unpaired) electrons. The molecular weight excluding hydrogens is 394 g/mol. The van der Waals surface area contributed by atoms with E-state index in [0.717, 1.165) is 32.0 Å². The lowest BCUT2D eigenvalue weighted by atomic mass is 10.2. The molecule has 5 nitrogen and oxygen atoms in total. The van der Waals surface area contributed by atoms with Crippen molar-refractivity contribution in [3.8, 4) is 0 Å². The maximum atomic E-state index is 12.6. The van der Waals surface area contributed by atoms with E-state index in [1.54, 1.807) is 31.7 Å². The van der Waals surface area contributed by atoms with Crippen LogP contribution in [0.1, 0.15) is 19.4 Å². The van der Waals surface area contributed by atoms with Gasteiger partial charge in [0.25, 0.3) is 11.1 Å². The molecule has 0 aromatic heterocycles. The van der Waals surface area contributed by atoms with Crippen LogP contribution in [0.3, 0.4) is 0 Å². The van der Waals surface area contributed by atoms with Gasteiger partial charge in [-0.25, -0.2) is 0 Å². The minimum Gasteiger partial charge on any atom is -0.462 e. The molecule has 0 unspecified atom stereocenters. The number of hydrogen-bond acceptors (Lipinski definition) is 6. The number of amides is 2. The number of imide groups is 1. The lowest BCUT2D eigenvalue weighted by Crippen LogP contribution is -2.35. The summed E-state index contributed by atoms with van der Waals surface area (Å²) in [5, 5.41) is -0.467. The summed E-state index contributed by atoms with van der Waals surface area (Å²) in [6.07, 6.45) is 1.40. The molecule has 1 aliphatic heterocycles. The Bertz CT molecular complexity index is 925. The Balaban J connectivity index is 1.80. The first-order chi connectivity index (χ1) is 13.4. The maximum Gasteiger partial charge on any atom is 0.326 e. The highest BCUT2D eigenvalue weighted by Gasteiger charge is 2.36. The van der Waals surface area contributed by atoms with Gasteiger partial charge in [-0.05, 0) is 55.4 Å². The van der Waals surface area contributed by atoms with Crippen molar-refractivity contribution in [2.75, 3.05) is 6.54 Å². The van der Waals surface area contributed by atoms with Crippen LogP contribution in [0.15, 0.2) is 69.3 Å². The smallest absolute Gasteiger partial charge is 0.326 e. The molecule has 1 heterocycles. The fraction of sp³-hybridized carbons (Fsp3) is 0.190. The predicted octanol–water partition coefficient (Wildman–Crippen LogP) is 4.83. The van der Waals surface area contributed by atoms with Crippen molar-refractivity contribution in [3.63, 3.8) is 0 Å². The number of nitrogens with zero attached hydrogens (tertiary/aromatic N) is 1. The number of rotatable bonds is 6. The lowest BCUT2D eigenvalue weighted by Gasteiger charge is -2.13. The van der Waals surface area contributed by atoms with Crippen molar-refractivity contribution < 1.29 is 19.1 Å². The highest BCUT2D eigenvalue weighted by atomic mass is 32.2. The van der Waals surface area contributed by atoms with Crippen molar-refractivity contribution in [3.05, 3.63) is 65.1 Å². The molecular formula is C21H19NO4S2. The topological polar surface area (TPSA) is 63.7 Å². The second kappa shape index (κ2) is 9.12. The summed E-state index contributed by atoms with van der Waals surface area (Å²) >= 11 is 2.41. The van der Waals surface area contributed by atoms with Gasteiger partial charge in [-0.3, -0.25) is 19.3 Å². The van der Waals surface area contributed by atoms with E-state index in [1.807, 2.05) is 54.6 Å². The standard InChI is InChI=1S/C21H19NO4S2/c1-14(2)26-19(23)13-22-20(24)18(28-21(22)25)12-15-8-6-7-11-17(15)27-16-9-4-3-5-10-16/h3-12,14H,13H2,1-2H3/b18-12+. The maximum absolute atomic E-state index is 12.6.